The van der Waals surface area contributed by atoms with Crippen molar-refractivity contribution in [3.05, 3.63) is 60.2 Å². The van der Waals surface area contributed by atoms with Crippen molar-refractivity contribution in [2.45, 2.75) is 6.04 Å². The van der Waals surface area contributed by atoms with Crippen molar-refractivity contribution >= 4 is 0 Å². The van der Waals surface area contributed by atoms with E-state index < -0.39 is 0 Å². The van der Waals surface area contributed by atoms with Crippen LogP contribution < -0.4 is 11.5 Å². The lowest BCUT2D eigenvalue weighted by molar-refractivity contribution is -0.121. The fraction of sp³-hybridized carbons (Fsp3) is 0.294. The molecule has 0 radical (unpaired) electrons. The van der Waals surface area contributed by atoms with E-state index in [1.54, 1.807) is 0 Å². The molecule has 3 heteroatoms. The minimum atomic E-state index is -0.0890. The van der Waals surface area contributed by atoms with E-state index in [1.807, 2.05) is 18.2 Å². The highest BCUT2D eigenvalue weighted by molar-refractivity contribution is 5.63. The first-order valence-electron chi connectivity index (χ1n) is 6.94. The van der Waals surface area contributed by atoms with Crippen molar-refractivity contribution in [3.8, 4) is 11.1 Å². The zero-order valence-electron chi connectivity index (χ0n) is 11.5. The third-order valence-corrected chi connectivity index (χ3v) is 4.22. The van der Waals surface area contributed by atoms with Gasteiger partial charge < -0.3 is 16.2 Å². The van der Waals surface area contributed by atoms with Gasteiger partial charge in [-0.1, -0.05) is 54.6 Å². The Morgan fingerprint density at radius 3 is 2.05 bits per heavy atom. The zero-order chi connectivity index (χ0) is 14.0. The standard InChI is InChI=1S/C17H20N2O/c18-10-17(11-20-12-17)16(19)15-8-6-14(7-9-15)13-4-2-1-3-5-13/h1-9,16H,10-12,18-19H2. The Morgan fingerprint density at radius 1 is 0.950 bits per heavy atom. The highest BCUT2D eigenvalue weighted by Crippen LogP contribution is 2.38. The Kier molecular flexibility index (Phi) is 3.57. The molecular formula is C17H20N2O. The minimum absolute atomic E-state index is 0.0638. The molecule has 0 bridgehead atoms. The molecule has 1 unspecified atom stereocenters. The Hall–Kier alpha value is -1.68. The molecule has 0 saturated carbocycles. The Bertz CT molecular complexity index is 556. The van der Waals surface area contributed by atoms with Gasteiger partial charge in [-0.2, -0.15) is 0 Å². The monoisotopic (exact) mass is 268 g/mol. The van der Waals surface area contributed by atoms with Gasteiger partial charge in [0.05, 0.1) is 13.2 Å². The van der Waals surface area contributed by atoms with Crippen LogP contribution in [0.4, 0.5) is 0 Å². The molecule has 3 nitrogen and oxygen atoms in total. The zero-order valence-corrected chi connectivity index (χ0v) is 11.5. The van der Waals surface area contributed by atoms with Crippen LogP contribution in [0.3, 0.4) is 0 Å². The first-order chi connectivity index (χ1) is 9.75. The summed E-state index contributed by atoms with van der Waals surface area (Å²) in [7, 11) is 0. The van der Waals surface area contributed by atoms with Crippen molar-refractivity contribution in [1.29, 1.82) is 0 Å². The molecule has 0 aromatic heterocycles. The second-order valence-electron chi connectivity index (χ2n) is 5.53. The Labute approximate surface area is 119 Å². The van der Waals surface area contributed by atoms with Gasteiger partial charge in [0, 0.05) is 18.0 Å². The summed E-state index contributed by atoms with van der Waals surface area (Å²) in [6.45, 7) is 1.88. The Balaban J connectivity index is 1.83. The average Bonchev–Trinajstić information content (AvgIpc) is 2.48. The quantitative estimate of drug-likeness (QED) is 0.894. The van der Waals surface area contributed by atoms with Gasteiger partial charge in [-0.15, -0.1) is 0 Å². The van der Waals surface area contributed by atoms with Gasteiger partial charge in [0.15, 0.2) is 0 Å². The second kappa shape index (κ2) is 5.37. The average molecular weight is 268 g/mol. The lowest BCUT2D eigenvalue weighted by atomic mass is 9.75. The molecule has 1 atom stereocenters. The van der Waals surface area contributed by atoms with E-state index in [2.05, 4.69) is 36.4 Å². The number of benzene rings is 2. The maximum atomic E-state index is 6.37. The molecular weight excluding hydrogens is 248 g/mol. The highest BCUT2D eigenvalue weighted by Gasteiger charge is 2.43. The molecule has 0 aliphatic carbocycles. The minimum Gasteiger partial charge on any atom is -0.380 e. The topological polar surface area (TPSA) is 61.3 Å². The van der Waals surface area contributed by atoms with Crippen molar-refractivity contribution in [2.24, 2.45) is 16.9 Å². The molecule has 1 aliphatic rings. The molecule has 4 N–H and O–H groups in total. The molecule has 2 aromatic rings. The molecule has 1 heterocycles. The fourth-order valence-electron chi connectivity index (χ4n) is 2.66. The van der Waals surface area contributed by atoms with Crippen molar-refractivity contribution in [1.82, 2.24) is 0 Å². The molecule has 0 spiro atoms. The summed E-state index contributed by atoms with van der Waals surface area (Å²) < 4.78 is 5.30. The number of hydrogen-bond donors (Lipinski definition) is 2. The summed E-state index contributed by atoms with van der Waals surface area (Å²) in [6.07, 6.45) is 0. The van der Waals surface area contributed by atoms with Gasteiger partial charge in [0.2, 0.25) is 0 Å². The predicted molar refractivity (Wildman–Crippen MR) is 81.1 cm³/mol. The molecule has 1 saturated heterocycles. The van der Waals surface area contributed by atoms with Gasteiger partial charge in [0.25, 0.3) is 0 Å². The van der Waals surface area contributed by atoms with Gasteiger partial charge in [-0.05, 0) is 16.7 Å². The number of rotatable bonds is 4. The third-order valence-electron chi connectivity index (χ3n) is 4.22. The van der Waals surface area contributed by atoms with E-state index in [9.17, 15) is 0 Å². The van der Waals surface area contributed by atoms with Gasteiger partial charge in [-0.3, -0.25) is 0 Å². The van der Waals surface area contributed by atoms with Gasteiger partial charge >= 0.3 is 0 Å². The third kappa shape index (κ3) is 2.24. The maximum Gasteiger partial charge on any atom is 0.0575 e. The molecule has 3 rings (SSSR count). The SMILES string of the molecule is NCC1(C(N)c2ccc(-c3ccccc3)cc2)COC1. The van der Waals surface area contributed by atoms with Crippen molar-refractivity contribution in [2.75, 3.05) is 19.8 Å². The Morgan fingerprint density at radius 2 is 1.55 bits per heavy atom. The summed E-state index contributed by atoms with van der Waals surface area (Å²) in [5.74, 6) is 0. The molecule has 1 aliphatic heterocycles. The first kappa shape index (κ1) is 13.3. The van der Waals surface area contributed by atoms with Crippen LogP contribution in [0, 0.1) is 5.41 Å². The van der Waals surface area contributed by atoms with E-state index >= 15 is 0 Å². The summed E-state index contributed by atoms with van der Waals surface area (Å²) in [5, 5.41) is 0. The number of hydrogen-bond acceptors (Lipinski definition) is 3. The smallest absolute Gasteiger partial charge is 0.0575 e. The highest BCUT2D eigenvalue weighted by atomic mass is 16.5. The van der Waals surface area contributed by atoms with Crippen LogP contribution in [0.1, 0.15) is 11.6 Å². The van der Waals surface area contributed by atoms with Gasteiger partial charge in [0.1, 0.15) is 0 Å². The second-order valence-corrected chi connectivity index (χ2v) is 5.53. The summed E-state index contributed by atoms with van der Waals surface area (Å²) in [6, 6.07) is 18.7. The van der Waals surface area contributed by atoms with Crippen LogP contribution in [0.2, 0.25) is 0 Å². The van der Waals surface area contributed by atoms with E-state index in [0.717, 1.165) is 5.56 Å². The van der Waals surface area contributed by atoms with Crippen molar-refractivity contribution in [3.63, 3.8) is 0 Å². The van der Waals surface area contributed by atoms with Crippen LogP contribution in [0.5, 0.6) is 0 Å². The molecule has 1 fully saturated rings. The normalized spacial score (nSPS) is 18.3. The van der Waals surface area contributed by atoms with E-state index in [4.69, 9.17) is 16.2 Å². The first-order valence-corrected chi connectivity index (χ1v) is 6.94. The summed E-state index contributed by atoms with van der Waals surface area (Å²) in [5.41, 5.74) is 15.7. The van der Waals surface area contributed by atoms with Crippen LogP contribution >= 0.6 is 0 Å². The molecule has 104 valence electrons. The van der Waals surface area contributed by atoms with E-state index in [0.29, 0.717) is 19.8 Å². The van der Waals surface area contributed by atoms with E-state index in [-0.39, 0.29) is 11.5 Å². The van der Waals surface area contributed by atoms with Gasteiger partial charge in [-0.25, -0.2) is 0 Å². The maximum absolute atomic E-state index is 6.37. The van der Waals surface area contributed by atoms with Crippen LogP contribution in [0.15, 0.2) is 54.6 Å². The lowest BCUT2D eigenvalue weighted by Crippen LogP contribution is -2.54. The van der Waals surface area contributed by atoms with E-state index in [1.165, 1.54) is 11.1 Å². The summed E-state index contributed by atoms with van der Waals surface area (Å²) >= 11 is 0. The van der Waals surface area contributed by atoms with Crippen molar-refractivity contribution < 1.29 is 4.74 Å². The molecule has 2 aromatic carbocycles. The van der Waals surface area contributed by atoms with Crippen LogP contribution in [0.25, 0.3) is 11.1 Å². The van der Waals surface area contributed by atoms with Crippen LogP contribution in [-0.2, 0) is 4.74 Å². The molecule has 20 heavy (non-hydrogen) atoms. The molecule has 0 amide bonds. The lowest BCUT2D eigenvalue weighted by Gasteiger charge is -2.45. The predicted octanol–water partition coefficient (Wildman–Crippen LogP) is 2.33. The fourth-order valence-corrected chi connectivity index (χ4v) is 2.66. The van der Waals surface area contributed by atoms with Crippen LogP contribution in [-0.4, -0.2) is 19.8 Å². The summed E-state index contributed by atoms with van der Waals surface area (Å²) in [4.78, 5) is 0. The number of nitrogens with two attached hydrogens (primary N) is 2. The number of ether oxygens (including phenoxy) is 1. The largest absolute Gasteiger partial charge is 0.380 e.